The van der Waals surface area contributed by atoms with Crippen LogP contribution >= 0.6 is 0 Å². The molecular weight excluding hydrogens is 372 g/mol. The molecule has 2 aliphatic heterocycles. The van der Waals surface area contributed by atoms with Crippen LogP contribution in [0.3, 0.4) is 0 Å². The second-order valence-corrected chi connectivity index (χ2v) is 6.95. The second kappa shape index (κ2) is 9.22. The molecule has 1 aliphatic carbocycles. The van der Waals surface area contributed by atoms with Crippen LogP contribution in [0, 0.1) is 5.41 Å². The van der Waals surface area contributed by atoms with Crippen LogP contribution < -0.4 is 21.7 Å². The summed E-state index contributed by atoms with van der Waals surface area (Å²) in [7, 11) is 0. The number of amides is 2. The number of nitrogens with one attached hydrogen (secondary N) is 4. The van der Waals surface area contributed by atoms with Crippen molar-refractivity contribution in [2.75, 3.05) is 6.61 Å². The van der Waals surface area contributed by atoms with Crippen molar-refractivity contribution in [3.63, 3.8) is 0 Å². The molecule has 1 atom stereocenters. The van der Waals surface area contributed by atoms with Gasteiger partial charge < -0.3 is 26.5 Å². The molecule has 1 fully saturated rings. The molecule has 0 spiro atoms. The minimum atomic E-state index is -0.677. The number of carbonyl (C=O) groups is 2. The first-order valence-electron chi connectivity index (χ1n) is 9.71. The molecule has 1 unspecified atom stereocenters. The van der Waals surface area contributed by atoms with Gasteiger partial charge >= 0.3 is 12.0 Å². The van der Waals surface area contributed by atoms with Gasteiger partial charge in [0.15, 0.2) is 0 Å². The number of allylic oxidation sites excluding steroid dienone is 4. The largest absolute Gasteiger partial charge is 0.461 e. The summed E-state index contributed by atoms with van der Waals surface area (Å²) in [5.74, 6) is -0.134. The van der Waals surface area contributed by atoms with E-state index in [9.17, 15) is 9.59 Å². The summed E-state index contributed by atoms with van der Waals surface area (Å²) in [6.07, 6.45) is 12.2. The highest BCUT2D eigenvalue weighted by atomic mass is 16.5. The fourth-order valence-corrected chi connectivity index (χ4v) is 3.47. The smallest absolute Gasteiger partial charge is 0.354 e. The first kappa shape index (κ1) is 20.4. The Hall–Kier alpha value is -3.36. The highest BCUT2D eigenvalue weighted by Gasteiger charge is 2.24. The van der Waals surface area contributed by atoms with E-state index in [4.69, 9.17) is 15.9 Å². The lowest BCUT2D eigenvalue weighted by molar-refractivity contribution is -0.138. The van der Waals surface area contributed by atoms with Crippen molar-refractivity contribution in [2.45, 2.75) is 44.7 Å². The predicted molar refractivity (Wildman–Crippen MR) is 110 cm³/mol. The van der Waals surface area contributed by atoms with Crippen LogP contribution in [0.15, 0.2) is 51.6 Å². The van der Waals surface area contributed by atoms with Crippen molar-refractivity contribution >= 4 is 24.4 Å². The number of esters is 1. The number of ether oxygens (including phenoxy) is 1. The van der Waals surface area contributed by atoms with Crippen molar-refractivity contribution < 1.29 is 14.3 Å². The summed E-state index contributed by atoms with van der Waals surface area (Å²) in [5.41, 5.74) is 7.22. The molecule has 29 heavy (non-hydrogen) atoms. The highest BCUT2D eigenvalue weighted by molar-refractivity contribution is 6.05. The monoisotopic (exact) mass is 398 g/mol. The number of urea groups is 1. The van der Waals surface area contributed by atoms with E-state index < -0.39 is 5.97 Å². The number of hydrogen-bond donors (Lipinski definition) is 5. The maximum atomic E-state index is 12.2. The molecule has 3 aliphatic rings. The lowest BCUT2D eigenvalue weighted by Crippen LogP contribution is -2.46. The van der Waals surface area contributed by atoms with Crippen molar-refractivity contribution in [3.8, 4) is 0 Å². The third-order valence-electron chi connectivity index (χ3n) is 4.93. The summed E-state index contributed by atoms with van der Waals surface area (Å²) in [4.78, 5) is 28.5. The fraction of sp³-hybridized carbons (Fsp3) is 0.400. The van der Waals surface area contributed by atoms with Gasteiger partial charge in [0.05, 0.1) is 18.3 Å². The van der Waals surface area contributed by atoms with Crippen molar-refractivity contribution in [2.24, 2.45) is 10.7 Å². The van der Waals surface area contributed by atoms with Gasteiger partial charge in [-0.25, -0.2) is 9.59 Å². The lowest BCUT2D eigenvalue weighted by atomic mass is 9.98. The second-order valence-electron chi connectivity index (χ2n) is 6.95. The Morgan fingerprint density at radius 1 is 1.38 bits per heavy atom. The van der Waals surface area contributed by atoms with Crippen LogP contribution in [0.25, 0.3) is 0 Å². The fourth-order valence-electron chi connectivity index (χ4n) is 3.47. The number of rotatable bonds is 6. The maximum absolute atomic E-state index is 12.2. The Morgan fingerprint density at radius 2 is 2.14 bits per heavy atom. The van der Waals surface area contributed by atoms with E-state index >= 15 is 0 Å². The minimum absolute atomic E-state index is 0.146. The van der Waals surface area contributed by atoms with Crippen LogP contribution in [0.2, 0.25) is 0 Å². The van der Waals surface area contributed by atoms with Gasteiger partial charge in [0.2, 0.25) is 0 Å². The average Bonchev–Trinajstić information content (AvgIpc) is 3.21. The number of aliphatic imine (C=N–C) groups is 1. The number of dihydropyridines is 2. The lowest BCUT2D eigenvalue weighted by Gasteiger charge is -2.26. The number of carbonyl (C=O) groups excluding carboxylic acids is 2. The van der Waals surface area contributed by atoms with Crippen molar-refractivity contribution in [1.29, 1.82) is 5.41 Å². The zero-order valence-electron chi connectivity index (χ0n) is 16.3. The van der Waals surface area contributed by atoms with Gasteiger partial charge in [0, 0.05) is 29.6 Å². The summed E-state index contributed by atoms with van der Waals surface area (Å²) in [6, 6.07) is -0.350. The third kappa shape index (κ3) is 4.92. The van der Waals surface area contributed by atoms with E-state index in [-0.39, 0.29) is 36.0 Å². The number of nitrogens with two attached hydrogens (primary N) is 1. The summed E-state index contributed by atoms with van der Waals surface area (Å²) < 4.78 is 4.91. The van der Waals surface area contributed by atoms with E-state index in [1.807, 2.05) is 0 Å². The first-order valence-corrected chi connectivity index (χ1v) is 9.71. The van der Waals surface area contributed by atoms with Crippen LogP contribution in [0.5, 0.6) is 0 Å². The molecule has 0 aromatic carbocycles. The first-order chi connectivity index (χ1) is 14.0. The molecule has 0 aromatic heterocycles. The quantitative estimate of drug-likeness (QED) is 0.261. The SMILES string of the molecule is CCOC(=O)C(N)=C(C=N)C1=CC2NC(NC(=O)NC3CCCC3)=CC=C2N=C1. The molecule has 0 bridgehead atoms. The molecule has 9 heteroatoms. The maximum Gasteiger partial charge on any atom is 0.354 e. The highest BCUT2D eigenvalue weighted by Crippen LogP contribution is 2.22. The molecule has 6 N–H and O–H groups in total. The molecule has 2 amide bonds. The molecule has 0 aromatic rings. The summed E-state index contributed by atoms with van der Waals surface area (Å²) in [5, 5.41) is 16.6. The van der Waals surface area contributed by atoms with Crippen LogP contribution in [-0.2, 0) is 9.53 Å². The van der Waals surface area contributed by atoms with Gasteiger partial charge in [-0.05, 0) is 38.0 Å². The van der Waals surface area contributed by atoms with E-state index in [1.54, 1.807) is 31.4 Å². The van der Waals surface area contributed by atoms with Crippen molar-refractivity contribution in [3.05, 3.63) is 46.6 Å². The average molecular weight is 398 g/mol. The van der Waals surface area contributed by atoms with E-state index in [1.165, 1.54) is 0 Å². The predicted octanol–water partition coefficient (Wildman–Crippen LogP) is 1.36. The van der Waals surface area contributed by atoms with E-state index in [2.05, 4.69) is 20.9 Å². The third-order valence-corrected chi connectivity index (χ3v) is 4.93. The zero-order chi connectivity index (χ0) is 20.8. The summed E-state index contributed by atoms with van der Waals surface area (Å²) in [6.45, 7) is 1.88. The standard InChI is InChI=1S/C20H26N6O3/c1-2-29-19(27)18(22)14(10-21)12-9-16-15(23-11-12)7-8-17(25-16)26-20(28)24-13-5-3-4-6-13/h7-11,13,16,21,25H,2-6,22H2,1H3,(H2,24,26,28). The van der Waals surface area contributed by atoms with Crippen LogP contribution in [0.4, 0.5) is 4.79 Å². The molecule has 154 valence electrons. The number of hydrogen-bond acceptors (Lipinski definition) is 7. The van der Waals surface area contributed by atoms with Gasteiger partial charge in [-0.1, -0.05) is 12.8 Å². The van der Waals surface area contributed by atoms with Crippen LogP contribution in [-0.4, -0.2) is 43.1 Å². The number of fused-ring (bicyclic) bond motifs is 1. The Labute approximate surface area is 169 Å². The molecule has 9 nitrogen and oxygen atoms in total. The van der Waals surface area contributed by atoms with Gasteiger partial charge in [-0.15, -0.1) is 0 Å². The van der Waals surface area contributed by atoms with Gasteiger partial charge in [-0.2, -0.15) is 0 Å². The molecule has 0 radical (unpaired) electrons. The Bertz CT molecular complexity index is 846. The molecule has 0 saturated heterocycles. The Morgan fingerprint density at radius 3 is 2.83 bits per heavy atom. The molecule has 3 rings (SSSR count). The minimum Gasteiger partial charge on any atom is -0.461 e. The van der Waals surface area contributed by atoms with Gasteiger partial charge in [0.1, 0.15) is 11.5 Å². The topological polar surface area (TPSA) is 142 Å². The molecule has 2 heterocycles. The molecule has 1 saturated carbocycles. The zero-order valence-corrected chi connectivity index (χ0v) is 16.3. The van der Waals surface area contributed by atoms with E-state index in [0.29, 0.717) is 11.4 Å². The number of nitrogens with zero attached hydrogens (tertiary/aromatic N) is 1. The Balaban J connectivity index is 1.70. The Kier molecular flexibility index (Phi) is 6.48. The summed E-state index contributed by atoms with van der Waals surface area (Å²) >= 11 is 0. The normalized spacial score (nSPS) is 21.6. The van der Waals surface area contributed by atoms with Gasteiger partial charge in [-0.3, -0.25) is 10.3 Å². The van der Waals surface area contributed by atoms with E-state index in [0.717, 1.165) is 37.6 Å². The molecular formula is C20H26N6O3. The van der Waals surface area contributed by atoms with Crippen molar-refractivity contribution in [1.82, 2.24) is 16.0 Å². The van der Waals surface area contributed by atoms with Crippen LogP contribution in [0.1, 0.15) is 32.6 Å². The van der Waals surface area contributed by atoms with Gasteiger partial charge in [0.25, 0.3) is 0 Å².